The first-order chi connectivity index (χ1) is 8.27. The third-order valence-electron chi connectivity index (χ3n) is 3.81. The number of hydrogen-bond donors (Lipinski definition) is 2. The summed E-state index contributed by atoms with van der Waals surface area (Å²) in [6.07, 6.45) is 7.61. The lowest BCUT2D eigenvalue weighted by atomic mass is 9.97. The highest BCUT2D eigenvalue weighted by Crippen LogP contribution is 2.23. The van der Waals surface area contributed by atoms with E-state index >= 15 is 0 Å². The highest BCUT2D eigenvalue weighted by Gasteiger charge is 2.20. The minimum Gasteiger partial charge on any atom is -0.467 e. The third-order valence-corrected chi connectivity index (χ3v) is 3.81. The van der Waals surface area contributed by atoms with E-state index < -0.39 is 6.10 Å². The zero-order chi connectivity index (χ0) is 12.1. The van der Waals surface area contributed by atoms with E-state index in [-0.39, 0.29) is 0 Å². The molecule has 2 N–H and O–H groups in total. The Labute approximate surface area is 103 Å². The van der Waals surface area contributed by atoms with E-state index in [1.54, 1.807) is 6.26 Å². The molecule has 3 nitrogen and oxygen atoms in total. The molecule has 1 aliphatic carbocycles. The summed E-state index contributed by atoms with van der Waals surface area (Å²) >= 11 is 0. The quantitative estimate of drug-likeness (QED) is 0.791. The van der Waals surface area contributed by atoms with Crippen molar-refractivity contribution in [1.29, 1.82) is 0 Å². The maximum Gasteiger partial charge on any atom is 0.133 e. The smallest absolute Gasteiger partial charge is 0.133 e. The van der Waals surface area contributed by atoms with Crippen molar-refractivity contribution in [2.24, 2.45) is 5.92 Å². The van der Waals surface area contributed by atoms with Crippen LogP contribution in [0.2, 0.25) is 0 Å². The Morgan fingerprint density at radius 1 is 1.41 bits per heavy atom. The number of aliphatic hydroxyl groups is 1. The van der Waals surface area contributed by atoms with Crippen LogP contribution in [0.3, 0.4) is 0 Å². The average molecular weight is 237 g/mol. The van der Waals surface area contributed by atoms with Crippen LogP contribution in [0.4, 0.5) is 0 Å². The molecule has 1 aliphatic rings. The van der Waals surface area contributed by atoms with E-state index in [0.717, 1.165) is 0 Å². The fourth-order valence-electron chi connectivity index (χ4n) is 2.64. The van der Waals surface area contributed by atoms with E-state index in [9.17, 15) is 5.11 Å². The van der Waals surface area contributed by atoms with Gasteiger partial charge in [-0.1, -0.05) is 26.2 Å². The van der Waals surface area contributed by atoms with Crippen LogP contribution in [0, 0.1) is 5.92 Å². The van der Waals surface area contributed by atoms with Crippen LogP contribution in [0.1, 0.15) is 50.9 Å². The van der Waals surface area contributed by atoms with Gasteiger partial charge in [-0.15, -0.1) is 0 Å². The van der Waals surface area contributed by atoms with Gasteiger partial charge in [0.25, 0.3) is 0 Å². The first-order valence-corrected chi connectivity index (χ1v) is 6.72. The Morgan fingerprint density at radius 3 is 3.00 bits per heavy atom. The van der Waals surface area contributed by atoms with Gasteiger partial charge in [-0.05, 0) is 30.9 Å². The van der Waals surface area contributed by atoms with E-state index in [1.165, 1.54) is 32.1 Å². The fraction of sp³-hybridized carbons (Fsp3) is 0.714. The predicted molar refractivity (Wildman–Crippen MR) is 67.7 cm³/mol. The second-order valence-corrected chi connectivity index (χ2v) is 5.16. The van der Waals surface area contributed by atoms with Crippen molar-refractivity contribution in [3.63, 3.8) is 0 Å². The largest absolute Gasteiger partial charge is 0.467 e. The molecule has 2 rings (SSSR count). The number of hydrogen-bond acceptors (Lipinski definition) is 3. The van der Waals surface area contributed by atoms with Gasteiger partial charge in [-0.25, -0.2) is 0 Å². The molecule has 96 valence electrons. The van der Waals surface area contributed by atoms with Gasteiger partial charge >= 0.3 is 0 Å². The topological polar surface area (TPSA) is 45.4 Å². The fourth-order valence-corrected chi connectivity index (χ4v) is 2.64. The standard InChI is InChI=1S/C14H23NO2/c1-11-6-3-2-4-7-12(11)15-10-13(16)14-8-5-9-17-14/h5,8-9,11-13,15-16H,2-4,6-7,10H2,1H3. The lowest BCUT2D eigenvalue weighted by Crippen LogP contribution is -2.36. The maximum atomic E-state index is 9.94. The van der Waals surface area contributed by atoms with E-state index in [0.29, 0.717) is 24.3 Å². The van der Waals surface area contributed by atoms with Crippen molar-refractivity contribution in [2.45, 2.75) is 51.2 Å². The summed E-state index contributed by atoms with van der Waals surface area (Å²) in [7, 11) is 0. The molecule has 1 saturated carbocycles. The Kier molecular flexibility index (Phi) is 4.63. The molecule has 0 bridgehead atoms. The highest BCUT2D eigenvalue weighted by atomic mass is 16.4. The second-order valence-electron chi connectivity index (χ2n) is 5.16. The van der Waals surface area contributed by atoms with Gasteiger partial charge in [0.2, 0.25) is 0 Å². The van der Waals surface area contributed by atoms with Gasteiger partial charge in [-0.2, -0.15) is 0 Å². The van der Waals surface area contributed by atoms with E-state index in [4.69, 9.17) is 4.42 Å². The van der Waals surface area contributed by atoms with Gasteiger partial charge in [0.1, 0.15) is 11.9 Å². The van der Waals surface area contributed by atoms with Crippen molar-refractivity contribution < 1.29 is 9.52 Å². The lowest BCUT2D eigenvalue weighted by molar-refractivity contribution is 0.138. The highest BCUT2D eigenvalue weighted by molar-refractivity contribution is 5.02. The molecule has 1 fully saturated rings. The van der Waals surface area contributed by atoms with Gasteiger partial charge in [0, 0.05) is 12.6 Å². The van der Waals surface area contributed by atoms with Gasteiger partial charge in [-0.3, -0.25) is 0 Å². The molecule has 3 unspecified atom stereocenters. The summed E-state index contributed by atoms with van der Waals surface area (Å²) in [5, 5.41) is 13.4. The molecule has 0 radical (unpaired) electrons. The summed E-state index contributed by atoms with van der Waals surface area (Å²) in [5.74, 6) is 1.36. The molecule has 17 heavy (non-hydrogen) atoms. The normalized spacial score (nSPS) is 27.6. The minimum absolute atomic E-state index is 0.527. The van der Waals surface area contributed by atoms with Gasteiger partial charge < -0.3 is 14.8 Å². The van der Waals surface area contributed by atoms with Gasteiger partial charge in [0.15, 0.2) is 0 Å². The van der Waals surface area contributed by atoms with Crippen LogP contribution in [0.15, 0.2) is 22.8 Å². The third kappa shape index (κ3) is 3.58. The van der Waals surface area contributed by atoms with Crippen LogP contribution in [-0.4, -0.2) is 17.7 Å². The molecular formula is C14H23NO2. The monoisotopic (exact) mass is 237 g/mol. The van der Waals surface area contributed by atoms with Crippen molar-refractivity contribution in [3.05, 3.63) is 24.2 Å². The zero-order valence-corrected chi connectivity index (χ0v) is 10.6. The molecular weight excluding hydrogens is 214 g/mol. The Morgan fingerprint density at radius 2 is 2.24 bits per heavy atom. The molecule has 0 saturated heterocycles. The van der Waals surface area contributed by atoms with Gasteiger partial charge in [0.05, 0.1) is 6.26 Å². The van der Waals surface area contributed by atoms with Crippen molar-refractivity contribution in [3.8, 4) is 0 Å². The van der Waals surface area contributed by atoms with Crippen LogP contribution < -0.4 is 5.32 Å². The van der Waals surface area contributed by atoms with Crippen LogP contribution >= 0.6 is 0 Å². The SMILES string of the molecule is CC1CCCCCC1NCC(O)c1ccco1. The number of nitrogens with one attached hydrogen (secondary N) is 1. The molecule has 0 aromatic carbocycles. The average Bonchev–Trinajstić information content (AvgIpc) is 2.78. The number of rotatable bonds is 4. The molecule has 0 spiro atoms. The van der Waals surface area contributed by atoms with Crippen molar-refractivity contribution in [2.75, 3.05) is 6.54 Å². The molecule has 3 atom stereocenters. The van der Waals surface area contributed by atoms with Crippen molar-refractivity contribution >= 4 is 0 Å². The summed E-state index contributed by atoms with van der Waals surface area (Å²) in [5.41, 5.74) is 0. The maximum absolute atomic E-state index is 9.94. The first kappa shape index (κ1) is 12.7. The summed E-state index contributed by atoms with van der Waals surface area (Å²) in [6.45, 7) is 2.89. The second kappa shape index (κ2) is 6.22. The molecule has 0 aliphatic heterocycles. The zero-order valence-electron chi connectivity index (χ0n) is 10.6. The Balaban J connectivity index is 1.80. The summed E-state index contributed by atoms with van der Waals surface area (Å²) in [6, 6.07) is 4.18. The first-order valence-electron chi connectivity index (χ1n) is 6.72. The summed E-state index contributed by atoms with van der Waals surface area (Å²) < 4.78 is 5.20. The Bertz CT molecular complexity index is 310. The number of furan rings is 1. The molecule has 0 amide bonds. The van der Waals surface area contributed by atoms with E-state index in [2.05, 4.69) is 12.2 Å². The van der Waals surface area contributed by atoms with Crippen LogP contribution in [-0.2, 0) is 0 Å². The summed E-state index contributed by atoms with van der Waals surface area (Å²) in [4.78, 5) is 0. The van der Waals surface area contributed by atoms with Crippen molar-refractivity contribution in [1.82, 2.24) is 5.32 Å². The predicted octanol–water partition coefficient (Wildman–Crippen LogP) is 2.87. The molecule has 1 aromatic heterocycles. The lowest BCUT2D eigenvalue weighted by Gasteiger charge is -2.24. The number of aliphatic hydroxyl groups excluding tert-OH is 1. The molecule has 1 aromatic rings. The van der Waals surface area contributed by atoms with Crippen LogP contribution in [0.5, 0.6) is 0 Å². The van der Waals surface area contributed by atoms with Crippen LogP contribution in [0.25, 0.3) is 0 Å². The van der Waals surface area contributed by atoms with E-state index in [1.807, 2.05) is 12.1 Å². The molecule has 1 heterocycles. The minimum atomic E-state index is -0.527. The Hall–Kier alpha value is -0.800. The molecule has 3 heteroatoms.